The number of nitrogens with one attached hydrogen (secondary N) is 1. The van der Waals surface area contributed by atoms with Crippen LogP contribution in [0.1, 0.15) is 86.7 Å². The molecule has 0 aromatic heterocycles. The Morgan fingerprint density at radius 2 is 2.00 bits per heavy atom. The van der Waals surface area contributed by atoms with E-state index in [1.807, 2.05) is 13.0 Å². The van der Waals surface area contributed by atoms with Crippen molar-refractivity contribution < 1.29 is 4.79 Å². The smallest absolute Gasteiger partial charge is 0.252 e. The molecule has 1 saturated carbocycles. The van der Waals surface area contributed by atoms with E-state index in [1.165, 1.54) is 50.5 Å². The van der Waals surface area contributed by atoms with Crippen LogP contribution in [-0.2, 0) is 6.42 Å². The zero-order chi connectivity index (χ0) is 16.7. The van der Waals surface area contributed by atoms with Gasteiger partial charge in [0.05, 0.1) is 0 Å². The Balaban J connectivity index is 1.96. The molecule has 1 fully saturated rings. The van der Waals surface area contributed by atoms with Gasteiger partial charge in [-0.15, -0.1) is 0 Å². The van der Waals surface area contributed by atoms with Gasteiger partial charge >= 0.3 is 0 Å². The third-order valence-electron chi connectivity index (χ3n) is 5.37. The van der Waals surface area contributed by atoms with Crippen molar-refractivity contribution >= 4 is 5.91 Å². The fraction of sp³-hybridized carbons (Fsp3) is 0.667. The number of carbonyl (C=O) groups is 1. The summed E-state index contributed by atoms with van der Waals surface area (Å²) in [7, 11) is 0. The quantitative estimate of drug-likeness (QED) is 0.637. The van der Waals surface area contributed by atoms with Crippen LogP contribution in [0.2, 0.25) is 0 Å². The van der Waals surface area contributed by atoms with E-state index >= 15 is 0 Å². The fourth-order valence-corrected chi connectivity index (χ4v) is 3.99. The molecule has 2 heteroatoms. The number of aryl methyl sites for hydroxylation is 2. The van der Waals surface area contributed by atoms with Crippen molar-refractivity contribution in [3.63, 3.8) is 0 Å². The van der Waals surface area contributed by atoms with Crippen LogP contribution in [-0.4, -0.2) is 11.9 Å². The second-order valence-corrected chi connectivity index (χ2v) is 7.08. The van der Waals surface area contributed by atoms with Crippen LogP contribution in [0.15, 0.2) is 18.2 Å². The van der Waals surface area contributed by atoms with E-state index in [0.29, 0.717) is 12.0 Å². The highest BCUT2D eigenvalue weighted by Gasteiger charge is 2.29. The van der Waals surface area contributed by atoms with Crippen LogP contribution in [0.3, 0.4) is 0 Å². The summed E-state index contributed by atoms with van der Waals surface area (Å²) in [5.41, 5.74) is 3.17. The Hall–Kier alpha value is -1.31. The molecule has 23 heavy (non-hydrogen) atoms. The van der Waals surface area contributed by atoms with Crippen molar-refractivity contribution in [1.29, 1.82) is 0 Å². The third-order valence-corrected chi connectivity index (χ3v) is 5.37. The summed E-state index contributed by atoms with van der Waals surface area (Å²) >= 11 is 0. The van der Waals surface area contributed by atoms with E-state index in [4.69, 9.17) is 0 Å². The molecule has 0 saturated heterocycles. The average Bonchev–Trinajstić information content (AvgIpc) is 2.98. The van der Waals surface area contributed by atoms with Crippen molar-refractivity contribution in [1.82, 2.24) is 5.32 Å². The lowest BCUT2D eigenvalue weighted by atomic mass is 9.94. The minimum Gasteiger partial charge on any atom is -0.349 e. The molecule has 128 valence electrons. The van der Waals surface area contributed by atoms with Gasteiger partial charge in [-0.1, -0.05) is 64.2 Å². The minimum atomic E-state index is 0.144. The fourth-order valence-electron chi connectivity index (χ4n) is 3.99. The summed E-state index contributed by atoms with van der Waals surface area (Å²) in [6.07, 6.45) is 11.2. The van der Waals surface area contributed by atoms with E-state index in [-0.39, 0.29) is 5.91 Å². The van der Waals surface area contributed by atoms with Gasteiger partial charge < -0.3 is 5.32 Å². The number of benzene rings is 1. The number of rotatable bonds is 8. The zero-order valence-electron chi connectivity index (χ0n) is 15.2. The van der Waals surface area contributed by atoms with E-state index in [0.717, 1.165) is 24.0 Å². The Labute approximate surface area is 142 Å². The van der Waals surface area contributed by atoms with E-state index in [2.05, 4.69) is 31.3 Å². The highest BCUT2D eigenvalue weighted by molar-refractivity contribution is 5.97. The lowest BCUT2D eigenvalue weighted by Crippen LogP contribution is -2.38. The maximum absolute atomic E-state index is 12.8. The van der Waals surface area contributed by atoms with Gasteiger partial charge in [-0.2, -0.15) is 0 Å². The van der Waals surface area contributed by atoms with Crippen molar-refractivity contribution in [3.8, 4) is 0 Å². The lowest BCUT2D eigenvalue weighted by Gasteiger charge is -2.22. The highest BCUT2D eigenvalue weighted by Crippen LogP contribution is 2.30. The van der Waals surface area contributed by atoms with Crippen LogP contribution >= 0.6 is 0 Å². The molecular formula is C21H33NO. The molecule has 1 amide bonds. The zero-order valence-corrected chi connectivity index (χ0v) is 15.2. The number of carbonyl (C=O) groups excluding carboxylic acids is 1. The summed E-state index contributed by atoms with van der Waals surface area (Å²) in [6.45, 7) is 6.43. The van der Waals surface area contributed by atoms with E-state index < -0.39 is 0 Å². The number of amides is 1. The Morgan fingerprint density at radius 3 is 2.74 bits per heavy atom. The predicted octanol–water partition coefficient (Wildman–Crippen LogP) is 5.43. The molecule has 0 bridgehead atoms. The normalized spacial score (nSPS) is 20.7. The Morgan fingerprint density at radius 1 is 1.17 bits per heavy atom. The van der Waals surface area contributed by atoms with Crippen LogP contribution in [0.4, 0.5) is 0 Å². The van der Waals surface area contributed by atoms with Crippen molar-refractivity contribution in [2.45, 2.75) is 84.6 Å². The van der Waals surface area contributed by atoms with Gasteiger partial charge in [0.25, 0.3) is 5.91 Å². The molecule has 1 N–H and O–H groups in total. The van der Waals surface area contributed by atoms with Crippen LogP contribution in [0.5, 0.6) is 0 Å². The maximum Gasteiger partial charge on any atom is 0.252 e. The molecule has 2 rings (SSSR count). The predicted molar refractivity (Wildman–Crippen MR) is 97.9 cm³/mol. The standard InChI is InChI=1S/C21H33NO/c1-4-6-7-8-12-18-14-10-15-19(18)22-21(23)20-16(3)11-9-13-17(20)5-2/h9,11,13,18-19H,4-8,10,12,14-15H2,1-3H3,(H,22,23)/t18-,19?/m1/s1. The average molecular weight is 316 g/mol. The lowest BCUT2D eigenvalue weighted by molar-refractivity contribution is 0.0925. The molecule has 1 unspecified atom stereocenters. The molecule has 0 heterocycles. The van der Waals surface area contributed by atoms with Gasteiger partial charge in [0.15, 0.2) is 0 Å². The largest absolute Gasteiger partial charge is 0.349 e. The number of hydrogen-bond acceptors (Lipinski definition) is 1. The van der Waals surface area contributed by atoms with Crippen molar-refractivity contribution in [2.24, 2.45) is 5.92 Å². The summed E-state index contributed by atoms with van der Waals surface area (Å²) in [5.74, 6) is 0.829. The van der Waals surface area contributed by atoms with E-state index in [1.54, 1.807) is 0 Å². The van der Waals surface area contributed by atoms with Crippen LogP contribution in [0, 0.1) is 12.8 Å². The molecule has 0 aliphatic heterocycles. The first-order valence-electron chi connectivity index (χ1n) is 9.56. The van der Waals surface area contributed by atoms with Crippen LogP contribution in [0.25, 0.3) is 0 Å². The Bertz CT molecular complexity index is 509. The van der Waals surface area contributed by atoms with Crippen LogP contribution < -0.4 is 5.32 Å². The number of unbranched alkanes of at least 4 members (excludes halogenated alkanes) is 3. The van der Waals surface area contributed by atoms with Gasteiger partial charge in [0.2, 0.25) is 0 Å². The molecule has 1 aromatic rings. The minimum absolute atomic E-state index is 0.144. The van der Waals surface area contributed by atoms with Gasteiger partial charge in [0, 0.05) is 11.6 Å². The Kier molecular flexibility index (Phi) is 7.14. The molecule has 0 radical (unpaired) electrons. The van der Waals surface area contributed by atoms with Crippen molar-refractivity contribution in [2.75, 3.05) is 0 Å². The molecule has 1 aromatic carbocycles. The maximum atomic E-state index is 12.8. The molecule has 2 nitrogen and oxygen atoms in total. The molecule has 1 aliphatic carbocycles. The first kappa shape index (κ1) is 18.0. The van der Waals surface area contributed by atoms with Gasteiger partial charge in [-0.05, 0) is 49.7 Å². The van der Waals surface area contributed by atoms with Crippen molar-refractivity contribution in [3.05, 3.63) is 34.9 Å². The highest BCUT2D eigenvalue weighted by atomic mass is 16.1. The molecule has 0 spiro atoms. The summed E-state index contributed by atoms with van der Waals surface area (Å²) in [5, 5.41) is 3.36. The van der Waals surface area contributed by atoms with Gasteiger partial charge in [-0.25, -0.2) is 0 Å². The summed E-state index contributed by atoms with van der Waals surface area (Å²) in [4.78, 5) is 12.8. The molecular weight excluding hydrogens is 282 g/mol. The summed E-state index contributed by atoms with van der Waals surface area (Å²) < 4.78 is 0. The SMILES string of the molecule is CCCCCC[C@@H]1CCCC1NC(=O)c1c(C)cccc1CC. The summed E-state index contributed by atoms with van der Waals surface area (Å²) in [6, 6.07) is 6.56. The monoisotopic (exact) mass is 315 g/mol. The second kappa shape index (κ2) is 9.10. The molecule has 1 aliphatic rings. The first-order chi connectivity index (χ1) is 11.2. The van der Waals surface area contributed by atoms with E-state index in [9.17, 15) is 4.79 Å². The van der Waals surface area contributed by atoms with Gasteiger partial charge in [-0.3, -0.25) is 4.79 Å². The first-order valence-corrected chi connectivity index (χ1v) is 9.56. The topological polar surface area (TPSA) is 29.1 Å². The van der Waals surface area contributed by atoms with Gasteiger partial charge in [0.1, 0.15) is 0 Å². The third kappa shape index (κ3) is 4.83. The number of hydrogen-bond donors (Lipinski definition) is 1. The molecule has 2 atom stereocenters. The second-order valence-electron chi connectivity index (χ2n) is 7.08.